The van der Waals surface area contributed by atoms with E-state index in [4.69, 9.17) is 46.4 Å². The molecule has 0 spiro atoms. The number of nitrogens with zero attached hydrogens (tertiary/aromatic N) is 2. The van der Waals surface area contributed by atoms with Crippen molar-refractivity contribution >= 4 is 58.4 Å². The number of benzene rings is 1. The van der Waals surface area contributed by atoms with Crippen LogP contribution in [0, 0.1) is 0 Å². The SMILES string of the molecule is Cn1nc(-c2cc(C=C(Cl)C(=O)[O-])c(Cl)cc2Cl)c(Cl)c1OC(F)F. The van der Waals surface area contributed by atoms with Crippen LogP contribution in [0.2, 0.25) is 15.1 Å². The summed E-state index contributed by atoms with van der Waals surface area (Å²) in [5, 5.41) is 14.1. The van der Waals surface area contributed by atoms with E-state index in [9.17, 15) is 18.7 Å². The largest absolute Gasteiger partial charge is 0.544 e. The number of carbonyl (C=O) groups is 1. The van der Waals surface area contributed by atoms with E-state index < -0.39 is 17.6 Å². The number of carboxylic acids is 1. The molecule has 2 aromatic rings. The molecular weight excluding hydrogens is 424 g/mol. The Kier molecular flexibility index (Phi) is 6.16. The lowest BCUT2D eigenvalue weighted by Gasteiger charge is -2.07. The summed E-state index contributed by atoms with van der Waals surface area (Å²) in [6.07, 6.45) is 1.05. The Bertz CT molecular complexity index is 868. The molecule has 1 aromatic carbocycles. The summed E-state index contributed by atoms with van der Waals surface area (Å²) < 4.78 is 30.2. The highest BCUT2D eigenvalue weighted by Crippen LogP contribution is 2.40. The second-order valence-corrected chi connectivity index (χ2v) is 6.20. The standard InChI is InChI=1S/C14H8Cl4F2N2O3/c1-22-12(25-14(19)20)10(18)11(21-22)6-2-5(3-9(17)13(23)24)7(15)4-8(6)16/h2-4,14H,1H3,(H,23,24)/p-1. The van der Waals surface area contributed by atoms with Crippen molar-refractivity contribution < 1.29 is 23.4 Å². The minimum absolute atomic E-state index is 0.0423. The van der Waals surface area contributed by atoms with Gasteiger partial charge in [-0.2, -0.15) is 13.9 Å². The number of alkyl halides is 2. The summed E-state index contributed by atoms with van der Waals surface area (Å²) in [7, 11) is 1.35. The first-order valence-electron chi connectivity index (χ1n) is 6.37. The number of aromatic nitrogens is 2. The number of halogens is 6. The predicted molar refractivity (Wildman–Crippen MR) is 89.1 cm³/mol. The van der Waals surface area contributed by atoms with Crippen molar-refractivity contribution in [3.05, 3.63) is 37.8 Å². The fourth-order valence-corrected chi connectivity index (χ4v) is 2.87. The quantitative estimate of drug-likeness (QED) is 0.673. The second kappa shape index (κ2) is 7.78. The highest BCUT2D eigenvalue weighted by Gasteiger charge is 2.22. The number of carboxylic acid groups (broad SMARTS) is 1. The van der Waals surface area contributed by atoms with Gasteiger partial charge in [-0.3, -0.25) is 0 Å². The Morgan fingerprint density at radius 2 is 1.96 bits per heavy atom. The molecule has 0 aliphatic heterocycles. The van der Waals surface area contributed by atoms with Crippen LogP contribution < -0.4 is 9.84 Å². The zero-order valence-corrected chi connectivity index (χ0v) is 15.2. The van der Waals surface area contributed by atoms with E-state index in [-0.39, 0.29) is 37.8 Å². The van der Waals surface area contributed by atoms with E-state index in [2.05, 4.69) is 9.84 Å². The van der Waals surface area contributed by atoms with Gasteiger partial charge in [-0.15, -0.1) is 0 Å². The average molecular weight is 431 g/mol. The number of hydrogen-bond donors (Lipinski definition) is 0. The Hall–Kier alpha value is -1.54. The van der Waals surface area contributed by atoms with Gasteiger partial charge in [0.15, 0.2) is 0 Å². The van der Waals surface area contributed by atoms with Crippen LogP contribution in [0.15, 0.2) is 17.2 Å². The molecule has 1 heterocycles. The van der Waals surface area contributed by atoms with Gasteiger partial charge in [0.1, 0.15) is 10.7 Å². The first-order chi connectivity index (χ1) is 11.6. The van der Waals surface area contributed by atoms with E-state index in [0.29, 0.717) is 0 Å². The summed E-state index contributed by atoms with van der Waals surface area (Å²) in [5.74, 6) is -1.96. The Morgan fingerprint density at radius 1 is 1.32 bits per heavy atom. The van der Waals surface area contributed by atoms with Gasteiger partial charge in [-0.1, -0.05) is 46.4 Å². The van der Waals surface area contributed by atoms with Gasteiger partial charge in [0.2, 0.25) is 5.88 Å². The van der Waals surface area contributed by atoms with Gasteiger partial charge >= 0.3 is 6.61 Å². The first-order valence-corrected chi connectivity index (χ1v) is 7.88. The minimum Gasteiger partial charge on any atom is -0.544 e. The van der Waals surface area contributed by atoms with Crippen LogP contribution >= 0.6 is 46.4 Å². The number of carbonyl (C=O) groups excluding carboxylic acids is 1. The molecule has 0 aliphatic rings. The average Bonchev–Trinajstić information content (AvgIpc) is 2.77. The van der Waals surface area contributed by atoms with Crippen LogP contribution in [0.1, 0.15) is 5.56 Å². The van der Waals surface area contributed by atoms with Gasteiger partial charge < -0.3 is 14.6 Å². The lowest BCUT2D eigenvalue weighted by Crippen LogP contribution is -2.21. The highest BCUT2D eigenvalue weighted by molar-refractivity contribution is 6.43. The first kappa shape index (κ1) is 19.8. The fraction of sp³-hybridized carbons (Fsp3) is 0.143. The van der Waals surface area contributed by atoms with Crippen LogP contribution in [0.3, 0.4) is 0 Å². The van der Waals surface area contributed by atoms with E-state index >= 15 is 0 Å². The third kappa shape index (κ3) is 4.36. The number of aliphatic carboxylic acids is 1. The molecule has 0 N–H and O–H groups in total. The lowest BCUT2D eigenvalue weighted by atomic mass is 10.1. The van der Waals surface area contributed by atoms with E-state index in [1.807, 2.05) is 0 Å². The van der Waals surface area contributed by atoms with E-state index in [1.54, 1.807) is 0 Å². The topological polar surface area (TPSA) is 67.2 Å². The molecule has 0 saturated carbocycles. The molecule has 0 radical (unpaired) electrons. The van der Waals surface area contributed by atoms with Crippen molar-refractivity contribution in [2.45, 2.75) is 6.61 Å². The molecule has 0 atom stereocenters. The van der Waals surface area contributed by atoms with Crippen molar-refractivity contribution in [3.8, 4) is 17.1 Å². The summed E-state index contributed by atoms with van der Waals surface area (Å²) in [4.78, 5) is 10.7. The van der Waals surface area contributed by atoms with Crippen molar-refractivity contribution in [2.75, 3.05) is 0 Å². The highest BCUT2D eigenvalue weighted by atomic mass is 35.5. The van der Waals surface area contributed by atoms with E-state index in [1.165, 1.54) is 19.2 Å². The Balaban J connectivity index is 2.61. The molecule has 1 aromatic heterocycles. The third-order valence-corrected chi connectivity index (χ3v) is 4.20. The maximum Gasteiger partial charge on any atom is 0.388 e. The number of hydrogen-bond acceptors (Lipinski definition) is 4. The van der Waals surface area contributed by atoms with Crippen LogP contribution in [-0.2, 0) is 11.8 Å². The van der Waals surface area contributed by atoms with E-state index in [0.717, 1.165) is 10.8 Å². The number of ether oxygens (including phenoxy) is 1. The van der Waals surface area contributed by atoms with Crippen LogP contribution in [0.25, 0.3) is 17.3 Å². The van der Waals surface area contributed by atoms with Gasteiger partial charge in [0, 0.05) is 17.6 Å². The van der Waals surface area contributed by atoms with Crippen molar-refractivity contribution in [1.29, 1.82) is 0 Å². The molecule has 2 rings (SSSR count). The van der Waals surface area contributed by atoms with Gasteiger partial charge in [0.05, 0.1) is 16.0 Å². The van der Waals surface area contributed by atoms with Crippen LogP contribution in [0.5, 0.6) is 5.88 Å². The number of rotatable bonds is 5. The van der Waals surface area contributed by atoms with Crippen LogP contribution in [0.4, 0.5) is 8.78 Å². The van der Waals surface area contributed by atoms with Crippen molar-refractivity contribution in [3.63, 3.8) is 0 Å². The normalized spacial score (nSPS) is 11.9. The molecule has 0 saturated heterocycles. The Morgan fingerprint density at radius 3 is 2.52 bits per heavy atom. The summed E-state index contributed by atoms with van der Waals surface area (Å²) in [5.41, 5.74) is 0.443. The zero-order chi connectivity index (χ0) is 18.9. The van der Waals surface area contributed by atoms with Crippen molar-refractivity contribution in [1.82, 2.24) is 9.78 Å². The van der Waals surface area contributed by atoms with Gasteiger partial charge in [-0.05, 0) is 23.8 Å². The summed E-state index contributed by atoms with van der Waals surface area (Å²) >= 11 is 23.7. The zero-order valence-electron chi connectivity index (χ0n) is 12.2. The molecular formula is C14H7Cl4F2N2O3-. The summed E-state index contributed by atoms with van der Waals surface area (Å²) in [6, 6.07) is 2.67. The third-order valence-electron chi connectivity index (χ3n) is 2.96. The molecule has 0 aliphatic carbocycles. The minimum atomic E-state index is -3.10. The maximum absolute atomic E-state index is 12.5. The van der Waals surface area contributed by atoms with Gasteiger partial charge in [-0.25, -0.2) is 4.68 Å². The predicted octanol–water partition coefficient (Wildman–Crippen LogP) is 3.98. The number of aryl methyl sites for hydroxylation is 1. The smallest absolute Gasteiger partial charge is 0.388 e. The maximum atomic E-state index is 12.5. The fourth-order valence-electron chi connectivity index (χ4n) is 1.92. The second-order valence-electron chi connectivity index (χ2n) is 4.60. The Labute approximate surface area is 160 Å². The van der Waals surface area contributed by atoms with Crippen molar-refractivity contribution in [2.24, 2.45) is 7.05 Å². The monoisotopic (exact) mass is 429 g/mol. The molecule has 11 heteroatoms. The van der Waals surface area contributed by atoms with Crippen LogP contribution in [-0.4, -0.2) is 22.4 Å². The molecule has 0 amide bonds. The summed E-state index contributed by atoms with van der Waals surface area (Å²) in [6.45, 7) is -3.10. The molecule has 134 valence electrons. The molecule has 0 bridgehead atoms. The molecule has 0 fully saturated rings. The van der Waals surface area contributed by atoms with Gasteiger partial charge in [0.25, 0.3) is 0 Å². The molecule has 5 nitrogen and oxygen atoms in total. The molecule has 25 heavy (non-hydrogen) atoms. The lowest BCUT2D eigenvalue weighted by molar-refractivity contribution is -0.298. The molecule has 0 unspecified atom stereocenters.